The van der Waals surface area contributed by atoms with E-state index in [1.165, 1.54) is 29.1 Å². The molecule has 0 saturated carbocycles. The van der Waals surface area contributed by atoms with Gasteiger partial charge in [0.25, 0.3) is 11.7 Å². The number of carbonyl (C=O) groups excluding carboxylic acids is 2. The first kappa shape index (κ1) is 24.6. The highest BCUT2D eigenvalue weighted by Gasteiger charge is 2.31. The van der Waals surface area contributed by atoms with Crippen LogP contribution in [0.1, 0.15) is 28.7 Å². The zero-order valence-electron chi connectivity index (χ0n) is 21.0. The number of aromatic nitrogens is 5. The van der Waals surface area contributed by atoms with Crippen molar-refractivity contribution in [2.75, 3.05) is 33.3 Å². The number of hydrogen-bond donors (Lipinski definition) is 1. The molecular weight excluding hydrogens is 486 g/mol. The number of pyridine rings is 1. The fraction of sp³-hybridized carbons (Fsp3) is 0.269. The van der Waals surface area contributed by atoms with E-state index in [9.17, 15) is 14.9 Å². The van der Waals surface area contributed by atoms with Crippen LogP contribution in [0.3, 0.4) is 0 Å². The Morgan fingerprint density at radius 3 is 2.53 bits per heavy atom. The van der Waals surface area contributed by atoms with E-state index in [1.807, 2.05) is 48.3 Å². The van der Waals surface area contributed by atoms with Crippen LogP contribution in [0.5, 0.6) is 5.75 Å². The van der Waals surface area contributed by atoms with Gasteiger partial charge in [-0.05, 0) is 0 Å². The molecule has 38 heavy (non-hydrogen) atoms. The lowest BCUT2D eigenvalue weighted by molar-refractivity contribution is -0.127. The SMILES string of the molecule is CCc1ncn(-c2ncc(OC)c3c(C(=O)C(=O)N4CCN(C(=NC#N)c5ccccc5)CC4)c[nH]c23)n1. The second kappa shape index (κ2) is 10.5. The Kier molecular flexibility index (Phi) is 6.82. The molecule has 4 heterocycles. The van der Waals surface area contributed by atoms with Gasteiger partial charge in [0.05, 0.1) is 29.8 Å². The largest absolute Gasteiger partial charge is 0.494 e. The fourth-order valence-corrected chi connectivity index (χ4v) is 4.51. The minimum absolute atomic E-state index is 0.194. The molecule has 0 aliphatic carbocycles. The summed E-state index contributed by atoms with van der Waals surface area (Å²) in [5.74, 6) is 0.747. The first-order chi connectivity index (χ1) is 18.5. The number of H-pyrrole nitrogens is 1. The maximum absolute atomic E-state index is 13.4. The molecule has 0 radical (unpaired) electrons. The van der Waals surface area contributed by atoms with Crippen molar-refractivity contribution in [2.24, 2.45) is 4.99 Å². The Balaban J connectivity index is 1.38. The van der Waals surface area contributed by atoms with E-state index in [2.05, 4.69) is 25.0 Å². The summed E-state index contributed by atoms with van der Waals surface area (Å²) in [7, 11) is 1.48. The number of aromatic amines is 1. The smallest absolute Gasteiger partial charge is 0.295 e. The van der Waals surface area contributed by atoms with E-state index in [-0.39, 0.29) is 5.56 Å². The lowest BCUT2D eigenvalue weighted by atomic mass is 10.1. The molecule has 0 bridgehead atoms. The van der Waals surface area contributed by atoms with Crippen molar-refractivity contribution in [3.8, 4) is 17.8 Å². The van der Waals surface area contributed by atoms with Gasteiger partial charge in [-0.25, -0.2) is 14.6 Å². The summed E-state index contributed by atoms with van der Waals surface area (Å²) < 4.78 is 7.00. The number of amides is 1. The van der Waals surface area contributed by atoms with Gasteiger partial charge in [-0.2, -0.15) is 10.3 Å². The summed E-state index contributed by atoms with van der Waals surface area (Å²) in [6.45, 7) is 3.45. The van der Waals surface area contributed by atoms with E-state index in [1.54, 1.807) is 6.33 Å². The van der Waals surface area contributed by atoms with Crippen LogP contribution in [0.2, 0.25) is 0 Å². The highest BCUT2D eigenvalue weighted by molar-refractivity contribution is 6.45. The molecule has 0 unspecified atom stereocenters. The number of ketones is 1. The van der Waals surface area contributed by atoms with Gasteiger partial charge >= 0.3 is 0 Å². The number of methoxy groups -OCH3 is 1. The molecule has 1 N–H and O–H groups in total. The van der Waals surface area contributed by atoms with E-state index >= 15 is 0 Å². The third kappa shape index (κ3) is 4.45. The second-order valence-electron chi connectivity index (χ2n) is 8.57. The first-order valence-electron chi connectivity index (χ1n) is 12.1. The number of aliphatic imine (C=N–C) groups is 1. The number of benzene rings is 1. The van der Waals surface area contributed by atoms with Gasteiger partial charge in [0, 0.05) is 44.4 Å². The number of aryl methyl sites for hydroxylation is 1. The van der Waals surface area contributed by atoms with Crippen LogP contribution in [0.4, 0.5) is 0 Å². The molecule has 1 aliphatic heterocycles. The molecule has 4 aromatic rings. The van der Waals surface area contributed by atoms with E-state index < -0.39 is 11.7 Å². The van der Waals surface area contributed by atoms with Crippen molar-refractivity contribution in [1.29, 1.82) is 5.26 Å². The van der Waals surface area contributed by atoms with E-state index in [4.69, 9.17) is 4.74 Å². The maximum Gasteiger partial charge on any atom is 0.295 e. The van der Waals surface area contributed by atoms with Crippen LogP contribution in [-0.4, -0.2) is 85.3 Å². The molecule has 0 atom stereocenters. The third-order valence-corrected chi connectivity index (χ3v) is 6.44. The summed E-state index contributed by atoms with van der Waals surface area (Å²) in [5, 5.41) is 14.0. The third-order valence-electron chi connectivity index (χ3n) is 6.44. The molecule has 1 saturated heterocycles. The van der Waals surface area contributed by atoms with Crippen LogP contribution >= 0.6 is 0 Å². The number of hydrogen-bond acceptors (Lipinski definition) is 8. The summed E-state index contributed by atoms with van der Waals surface area (Å²) in [6.07, 6.45) is 7.08. The van der Waals surface area contributed by atoms with Crippen LogP contribution in [0, 0.1) is 11.5 Å². The number of rotatable bonds is 6. The van der Waals surface area contributed by atoms with Crippen molar-refractivity contribution < 1.29 is 14.3 Å². The molecule has 12 nitrogen and oxygen atoms in total. The Morgan fingerprint density at radius 2 is 1.87 bits per heavy atom. The highest BCUT2D eigenvalue weighted by atomic mass is 16.5. The standard InChI is InChI=1S/C26H25N9O3/c1-3-20-31-16-35(32-20)25-22-21(19(38-2)14-29-25)18(13-28-22)23(36)26(37)34-11-9-33(10-12-34)24(30-15-27)17-7-5-4-6-8-17/h4-8,13-14,16,28H,3,9-12H2,1-2H3. The van der Waals surface area contributed by atoms with E-state index in [0.717, 1.165) is 5.56 Å². The van der Waals surface area contributed by atoms with Gasteiger partial charge in [-0.1, -0.05) is 37.3 Å². The van der Waals surface area contributed by atoms with Crippen molar-refractivity contribution in [1.82, 2.24) is 34.5 Å². The highest BCUT2D eigenvalue weighted by Crippen LogP contribution is 2.32. The maximum atomic E-state index is 13.4. The minimum atomic E-state index is -0.651. The topological polar surface area (TPSA) is 145 Å². The normalized spacial score (nSPS) is 14.0. The Labute approximate surface area is 218 Å². The van der Waals surface area contributed by atoms with Crippen molar-refractivity contribution in [3.05, 3.63) is 66.0 Å². The minimum Gasteiger partial charge on any atom is -0.494 e. The number of ether oxygens (including phenoxy) is 1. The summed E-state index contributed by atoms with van der Waals surface area (Å²) >= 11 is 0. The molecule has 1 fully saturated rings. The molecule has 192 valence electrons. The molecule has 1 aliphatic rings. The van der Waals surface area contributed by atoms with Gasteiger partial charge in [0.1, 0.15) is 17.9 Å². The Hall–Kier alpha value is -5.05. The summed E-state index contributed by atoms with van der Waals surface area (Å²) in [6, 6.07) is 9.41. The van der Waals surface area contributed by atoms with Crippen LogP contribution < -0.4 is 4.74 Å². The molecule has 3 aromatic heterocycles. The van der Waals surface area contributed by atoms with E-state index in [0.29, 0.717) is 66.7 Å². The average molecular weight is 512 g/mol. The zero-order chi connectivity index (χ0) is 26.6. The second-order valence-corrected chi connectivity index (χ2v) is 8.57. The Bertz CT molecular complexity index is 1560. The number of nitriles is 1. The van der Waals surface area contributed by atoms with Gasteiger partial charge < -0.3 is 19.5 Å². The number of amidine groups is 1. The lowest BCUT2D eigenvalue weighted by Crippen LogP contribution is -2.52. The molecule has 1 amide bonds. The number of nitrogens with one attached hydrogen (secondary N) is 1. The Morgan fingerprint density at radius 1 is 1.13 bits per heavy atom. The van der Waals surface area contributed by atoms with Gasteiger partial charge in [-0.3, -0.25) is 9.59 Å². The quantitative estimate of drug-likeness (QED) is 0.136. The molecule has 1 aromatic carbocycles. The predicted molar refractivity (Wildman–Crippen MR) is 138 cm³/mol. The molecule has 5 rings (SSSR count). The molecule has 0 spiro atoms. The number of nitrogens with zero attached hydrogens (tertiary/aromatic N) is 8. The predicted octanol–water partition coefficient (Wildman–Crippen LogP) is 1.97. The number of Topliss-reactive ketones (excluding diaryl/α,β-unsaturated/α-hetero) is 1. The number of piperazine rings is 1. The fourth-order valence-electron chi connectivity index (χ4n) is 4.51. The van der Waals surface area contributed by atoms with Crippen LogP contribution in [0.15, 0.2) is 54.0 Å². The van der Waals surface area contributed by atoms with Crippen LogP contribution in [0.25, 0.3) is 16.7 Å². The average Bonchev–Trinajstić information content (AvgIpc) is 3.63. The molecule has 12 heteroatoms. The van der Waals surface area contributed by atoms with Gasteiger partial charge in [0.2, 0.25) is 6.19 Å². The van der Waals surface area contributed by atoms with Gasteiger partial charge in [0.15, 0.2) is 11.6 Å². The van der Waals surface area contributed by atoms with Crippen molar-refractivity contribution in [2.45, 2.75) is 13.3 Å². The van der Waals surface area contributed by atoms with Crippen molar-refractivity contribution >= 4 is 28.4 Å². The zero-order valence-corrected chi connectivity index (χ0v) is 21.0. The molecular formula is C26H25N9O3. The summed E-state index contributed by atoms with van der Waals surface area (Å²) in [5.41, 5.74) is 1.52. The van der Waals surface area contributed by atoms with Crippen molar-refractivity contribution in [3.63, 3.8) is 0 Å². The monoisotopic (exact) mass is 511 g/mol. The number of fused-ring (bicyclic) bond motifs is 1. The van der Waals surface area contributed by atoms with Crippen LogP contribution in [-0.2, 0) is 11.2 Å². The van der Waals surface area contributed by atoms with Gasteiger partial charge in [-0.15, -0.1) is 5.10 Å². The number of carbonyl (C=O) groups is 2. The summed E-state index contributed by atoms with van der Waals surface area (Å²) in [4.78, 5) is 45.9. The lowest BCUT2D eigenvalue weighted by Gasteiger charge is -2.36. The first-order valence-corrected chi connectivity index (χ1v) is 12.1.